The highest BCUT2D eigenvalue weighted by atomic mass is 15.3. The van der Waals surface area contributed by atoms with Gasteiger partial charge in [-0.3, -0.25) is 4.98 Å². The van der Waals surface area contributed by atoms with E-state index in [1.807, 2.05) is 18.7 Å². The smallest absolute Gasteiger partial charge is 0.154 e. The highest BCUT2D eigenvalue weighted by Crippen LogP contribution is 2.31. The van der Waals surface area contributed by atoms with Crippen LogP contribution in [0.1, 0.15) is 0 Å². The lowest BCUT2D eigenvalue weighted by atomic mass is 10.1. The molecule has 1 aromatic carbocycles. The minimum atomic E-state index is 0.633. The monoisotopic (exact) mass is 429 g/mol. The summed E-state index contributed by atoms with van der Waals surface area (Å²) in [4.78, 5) is 22.9. The summed E-state index contributed by atoms with van der Waals surface area (Å²) in [6, 6.07) is 9.07. The molecular formula is C23H27N9. The first-order chi connectivity index (χ1) is 15.5. The van der Waals surface area contributed by atoms with Gasteiger partial charge in [0.1, 0.15) is 11.2 Å². The van der Waals surface area contributed by atoms with E-state index >= 15 is 0 Å². The van der Waals surface area contributed by atoms with Gasteiger partial charge in [-0.2, -0.15) is 0 Å². The third-order valence-electron chi connectivity index (χ3n) is 6.00. The molecule has 4 heterocycles. The first-order valence-electron chi connectivity index (χ1n) is 10.6. The van der Waals surface area contributed by atoms with Gasteiger partial charge in [0.15, 0.2) is 11.6 Å². The van der Waals surface area contributed by atoms with E-state index in [0.29, 0.717) is 17.7 Å². The molecule has 0 aliphatic carbocycles. The number of benzene rings is 1. The fourth-order valence-electron chi connectivity index (χ4n) is 3.93. The minimum Gasteiger partial charge on any atom is -0.371 e. The van der Waals surface area contributed by atoms with Crippen molar-refractivity contribution in [1.29, 1.82) is 0 Å². The number of aromatic nitrogens is 5. The molecule has 0 saturated carbocycles. The van der Waals surface area contributed by atoms with Gasteiger partial charge < -0.3 is 25.0 Å². The van der Waals surface area contributed by atoms with E-state index in [1.165, 1.54) is 5.69 Å². The third-order valence-corrected chi connectivity index (χ3v) is 6.00. The zero-order valence-corrected chi connectivity index (χ0v) is 18.7. The van der Waals surface area contributed by atoms with Crippen LogP contribution in [0, 0.1) is 0 Å². The Hall–Kier alpha value is -3.72. The molecule has 0 amide bonds. The van der Waals surface area contributed by atoms with Crippen molar-refractivity contribution < 1.29 is 0 Å². The summed E-state index contributed by atoms with van der Waals surface area (Å²) in [6.07, 6.45) is 7.10. The van der Waals surface area contributed by atoms with Crippen LogP contribution in [0.15, 0.2) is 49.2 Å². The zero-order chi connectivity index (χ0) is 22.2. The second kappa shape index (κ2) is 8.08. The van der Waals surface area contributed by atoms with E-state index < -0.39 is 0 Å². The predicted molar refractivity (Wildman–Crippen MR) is 128 cm³/mol. The third kappa shape index (κ3) is 3.60. The highest BCUT2D eigenvalue weighted by molar-refractivity contribution is 5.93. The standard InChI is InChI=1S/C23H27N9/c1-24-23-22(18-9-25-10-19-21(18)27-14-31(19)4)26-11-20(29-23)28-15-5-7-16(8-6-15)32-12-17(13-32)30(2)3/h5-11,14,17H,12-13H2,1-4H3,(H2,24,28,29). The number of nitrogens with zero attached hydrogens (tertiary/aromatic N) is 7. The first-order valence-corrected chi connectivity index (χ1v) is 10.6. The molecule has 164 valence electrons. The summed E-state index contributed by atoms with van der Waals surface area (Å²) < 4.78 is 1.94. The van der Waals surface area contributed by atoms with E-state index in [2.05, 4.69) is 73.7 Å². The summed E-state index contributed by atoms with van der Waals surface area (Å²) in [6.45, 7) is 2.13. The average Bonchev–Trinajstić information content (AvgIpc) is 3.15. The molecule has 9 heteroatoms. The van der Waals surface area contributed by atoms with Crippen molar-refractivity contribution in [3.63, 3.8) is 0 Å². The van der Waals surface area contributed by atoms with Crippen molar-refractivity contribution in [2.45, 2.75) is 6.04 Å². The summed E-state index contributed by atoms with van der Waals surface area (Å²) in [5.74, 6) is 1.34. The van der Waals surface area contributed by atoms with Crippen molar-refractivity contribution in [3.05, 3.63) is 49.2 Å². The molecular weight excluding hydrogens is 402 g/mol. The van der Waals surface area contributed by atoms with E-state index in [1.54, 1.807) is 24.9 Å². The fourth-order valence-corrected chi connectivity index (χ4v) is 3.93. The number of nitrogens with one attached hydrogen (secondary N) is 2. The Morgan fingerprint density at radius 2 is 1.81 bits per heavy atom. The number of pyridine rings is 1. The number of aryl methyl sites for hydroxylation is 1. The van der Waals surface area contributed by atoms with Crippen molar-refractivity contribution in [2.24, 2.45) is 7.05 Å². The summed E-state index contributed by atoms with van der Waals surface area (Å²) in [5.41, 5.74) is 5.58. The van der Waals surface area contributed by atoms with Gasteiger partial charge in [0.2, 0.25) is 0 Å². The van der Waals surface area contributed by atoms with Crippen LogP contribution < -0.4 is 15.5 Å². The number of anilines is 4. The second-order valence-corrected chi connectivity index (χ2v) is 8.31. The molecule has 1 saturated heterocycles. The Labute approximate surface area is 187 Å². The predicted octanol–water partition coefficient (Wildman–Crippen LogP) is 2.96. The van der Waals surface area contributed by atoms with Crippen molar-refractivity contribution in [3.8, 4) is 11.3 Å². The van der Waals surface area contributed by atoms with Gasteiger partial charge in [-0.25, -0.2) is 15.0 Å². The van der Waals surface area contributed by atoms with Crippen LogP contribution in [0.25, 0.3) is 22.3 Å². The lowest BCUT2D eigenvalue weighted by Gasteiger charge is -2.44. The quantitative estimate of drug-likeness (QED) is 0.484. The Balaban J connectivity index is 1.35. The highest BCUT2D eigenvalue weighted by Gasteiger charge is 2.28. The van der Waals surface area contributed by atoms with E-state index in [4.69, 9.17) is 4.98 Å². The van der Waals surface area contributed by atoms with Gasteiger partial charge in [-0.1, -0.05) is 0 Å². The van der Waals surface area contributed by atoms with Crippen LogP contribution in [-0.2, 0) is 7.05 Å². The molecule has 2 N–H and O–H groups in total. The maximum Gasteiger partial charge on any atom is 0.154 e. The lowest BCUT2D eigenvalue weighted by Crippen LogP contribution is -2.57. The number of likely N-dealkylation sites (N-methyl/N-ethyl adjacent to an activating group) is 1. The normalized spacial score (nSPS) is 14.1. The van der Waals surface area contributed by atoms with Gasteiger partial charge in [0.05, 0.1) is 29.8 Å². The molecule has 32 heavy (non-hydrogen) atoms. The largest absolute Gasteiger partial charge is 0.371 e. The van der Waals surface area contributed by atoms with Gasteiger partial charge in [-0.15, -0.1) is 0 Å². The number of hydrogen-bond acceptors (Lipinski definition) is 8. The van der Waals surface area contributed by atoms with Gasteiger partial charge in [0.25, 0.3) is 0 Å². The minimum absolute atomic E-state index is 0.633. The molecule has 0 unspecified atom stereocenters. The molecule has 5 rings (SSSR count). The van der Waals surface area contributed by atoms with Gasteiger partial charge >= 0.3 is 0 Å². The molecule has 3 aromatic heterocycles. The Morgan fingerprint density at radius 1 is 1.03 bits per heavy atom. The first kappa shape index (κ1) is 20.2. The van der Waals surface area contributed by atoms with E-state index in [0.717, 1.165) is 41.1 Å². The molecule has 0 atom stereocenters. The maximum atomic E-state index is 4.73. The molecule has 9 nitrogen and oxygen atoms in total. The zero-order valence-electron chi connectivity index (χ0n) is 18.7. The van der Waals surface area contributed by atoms with Gasteiger partial charge in [-0.05, 0) is 38.4 Å². The lowest BCUT2D eigenvalue weighted by molar-refractivity contribution is 0.247. The van der Waals surface area contributed by atoms with Crippen LogP contribution in [0.5, 0.6) is 0 Å². The Bertz CT molecular complexity index is 1240. The van der Waals surface area contributed by atoms with Crippen molar-refractivity contribution in [2.75, 3.05) is 49.8 Å². The molecule has 4 aromatic rings. The number of rotatable bonds is 6. The summed E-state index contributed by atoms with van der Waals surface area (Å²) in [5, 5.41) is 6.51. The molecule has 0 bridgehead atoms. The Kier molecular flexibility index (Phi) is 5.10. The fraction of sp³-hybridized carbons (Fsp3) is 0.304. The molecule has 1 fully saturated rings. The summed E-state index contributed by atoms with van der Waals surface area (Å²) in [7, 11) is 8.06. The molecule has 1 aliphatic heterocycles. The molecule has 0 spiro atoms. The number of hydrogen-bond donors (Lipinski definition) is 2. The van der Waals surface area contributed by atoms with Crippen LogP contribution in [-0.4, -0.2) is 69.7 Å². The number of fused-ring (bicyclic) bond motifs is 1. The maximum absolute atomic E-state index is 4.73. The van der Waals surface area contributed by atoms with E-state index in [-0.39, 0.29) is 0 Å². The molecule has 0 radical (unpaired) electrons. The van der Waals surface area contributed by atoms with Crippen molar-refractivity contribution >= 4 is 34.0 Å². The van der Waals surface area contributed by atoms with E-state index in [9.17, 15) is 0 Å². The van der Waals surface area contributed by atoms with Crippen LogP contribution in [0.3, 0.4) is 0 Å². The SMILES string of the molecule is CNc1nc(Nc2ccc(N3CC(N(C)C)C3)cc2)cnc1-c1cncc2c1ncn2C. The Morgan fingerprint density at radius 3 is 2.53 bits per heavy atom. The van der Waals surface area contributed by atoms with Crippen LogP contribution >= 0.6 is 0 Å². The molecule has 1 aliphatic rings. The van der Waals surface area contributed by atoms with Crippen LogP contribution in [0.2, 0.25) is 0 Å². The van der Waals surface area contributed by atoms with Crippen molar-refractivity contribution in [1.82, 2.24) is 29.4 Å². The summed E-state index contributed by atoms with van der Waals surface area (Å²) >= 11 is 0. The second-order valence-electron chi connectivity index (χ2n) is 8.31. The van der Waals surface area contributed by atoms with Crippen LogP contribution in [0.4, 0.5) is 23.0 Å². The average molecular weight is 430 g/mol. The van der Waals surface area contributed by atoms with Gasteiger partial charge in [0, 0.05) is 50.8 Å². The topological polar surface area (TPSA) is 87.0 Å². The number of imidazole rings is 1.